The lowest BCUT2D eigenvalue weighted by Gasteiger charge is -2.36. The van der Waals surface area contributed by atoms with Crippen molar-refractivity contribution < 1.29 is 14.0 Å². The van der Waals surface area contributed by atoms with Crippen LogP contribution in [0.5, 0.6) is 0 Å². The van der Waals surface area contributed by atoms with Crippen LogP contribution in [0.15, 0.2) is 60.0 Å². The second-order valence-corrected chi connectivity index (χ2v) is 9.83. The second kappa shape index (κ2) is 10.5. The molecular formula is C27H27FN6O2S. The highest BCUT2D eigenvalue weighted by atomic mass is 32.1. The number of nitrogens with zero attached hydrogens (tertiary/aromatic N) is 5. The van der Waals surface area contributed by atoms with E-state index in [0.29, 0.717) is 42.6 Å². The van der Waals surface area contributed by atoms with Crippen molar-refractivity contribution in [3.05, 3.63) is 82.7 Å². The molecule has 1 N–H and O–H groups in total. The number of halogens is 1. The lowest BCUT2D eigenvalue weighted by Crippen LogP contribution is -2.50. The molecule has 0 unspecified atom stereocenters. The predicted molar refractivity (Wildman–Crippen MR) is 142 cm³/mol. The summed E-state index contributed by atoms with van der Waals surface area (Å²) in [4.78, 5) is 34.5. The first-order valence-electron chi connectivity index (χ1n) is 12.0. The number of aromatic nitrogens is 3. The van der Waals surface area contributed by atoms with Gasteiger partial charge in [-0.3, -0.25) is 19.6 Å². The molecule has 1 saturated heterocycles. The summed E-state index contributed by atoms with van der Waals surface area (Å²) in [5.74, 6) is -0.520. The Bertz CT molecular complexity index is 1420. The smallest absolute Gasteiger partial charge is 0.259 e. The van der Waals surface area contributed by atoms with Crippen LogP contribution in [0.3, 0.4) is 0 Å². The van der Waals surface area contributed by atoms with Gasteiger partial charge >= 0.3 is 0 Å². The molecule has 0 atom stereocenters. The van der Waals surface area contributed by atoms with Crippen LogP contribution in [0.4, 0.5) is 15.2 Å². The number of nitrogens with one attached hydrogen (secondary N) is 1. The molecule has 4 aromatic rings. The molecule has 0 spiro atoms. The van der Waals surface area contributed by atoms with E-state index >= 15 is 0 Å². The molecule has 5 rings (SSSR count). The molecule has 1 aliphatic rings. The first-order valence-corrected chi connectivity index (χ1v) is 12.9. The van der Waals surface area contributed by atoms with Gasteiger partial charge in [-0.05, 0) is 56.3 Å². The van der Waals surface area contributed by atoms with E-state index in [9.17, 15) is 14.0 Å². The first-order chi connectivity index (χ1) is 17.9. The topological polar surface area (TPSA) is 83.4 Å². The van der Waals surface area contributed by atoms with Crippen molar-refractivity contribution in [3.63, 3.8) is 0 Å². The number of carbonyl (C=O) groups excluding carboxylic acids is 2. The number of piperazine rings is 1. The van der Waals surface area contributed by atoms with E-state index in [1.807, 2.05) is 48.4 Å². The first kappa shape index (κ1) is 24.6. The zero-order chi connectivity index (χ0) is 25.9. The minimum Gasteiger partial charge on any atom is -0.367 e. The minimum absolute atomic E-state index is 0.0395. The van der Waals surface area contributed by atoms with Gasteiger partial charge in [-0.2, -0.15) is 5.10 Å². The molecule has 2 aromatic carbocycles. The number of benzene rings is 2. The molecule has 2 aromatic heterocycles. The molecule has 0 bridgehead atoms. The summed E-state index contributed by atoms with van der Waals surface area (Å²) in [6.07, 6.45) is 0. The Morgan fingerprint density at radius 2 is 1.76 bits per heavy atom. The van der Waals surface area contributed by atoms with Gasteiger partial charge in [-0.1, -0.05) is 12.1 Å². The molecule has 3 heterocycles. The summed E-state index contributed by atoms with van der Waals surface area (Å²) in [5, 5.41) is 9.59. The molecule has 8 nitrogen and oxygen atoms in total. The van der Waals surface area contributed by atoms with E-state index < -0.39 is 0 Å². The predicted octanol–water partition coefficient (Wildman–Crippen LogP) is 4.36. The maximum absolute atomic E-state index is 13.2. The molecule has 10 heteroatoms. The van der Waals surface area contributed by atoms with Crippen molar-refractivity contribution in [2.75, 3.05) is 36.4 Å². The van der Waals surface area contributed by atoms with E-state index in [4.69, 9.17) is 0 Å². The number of rotatable bonds is 6. The molecule has 1 fully saturated rings. The van der Waals surface area contributed by atoms with E-state index in [1.165, 1.54) is 23.5 Å². The van der Waals surface area contributed by atoms with Crippen LogP contribution in [0, 0.1) is 19.7 Å². The van der Waals surface area contributed by atoms with Crippen molar-refractivity contribution in [1.29, 1.82) is 0 Å². The number of carbonyl (C=O) groups is 2. The average Bonchev–Trinajstić information content (AvgIpc) is 3.49. The minimum atomic E-state index is -0.308. The number of thiazole rings is 1. The molecule has 190 valence electrons. The van der Waals surface area contributed by atoms with Crippen LogP contribution < -0.4 is 10.2 Å². The van der Waals surface area contributed by atoms with Crippen molar-refractivity contribution in [3.8, 4) is 11.3 Å². The van der Waals surface area contributed by atoms with Crippen LogP contribution in [0.1, 0.15) is 21.7 Å². The highest BCUT2D eigenvalue weighted by molar-refractivity contribution is 7.14. The highest BCUT2D eigenvalue weighted by Gasteiger charge is 2.25. The third kappa shape index (κ3) is 5.54. The van der Waals surface area contributed by atoms with Crippen LogP contribution in [0.25, 0.3) is 11.3 Å². The van der Waals surface area contributed by atoms with E-state index in [2.05, 4.69) is 20.3 Å². The largest absolute Gasteiger partial charge is 0.367 e. The van der Waals surface area contributed by atoms with Gasteiger partial charge in [0.05, 0.1) is 17.0 Å². The van der Waals surface area contributed by atoms with Gasteiger partial charge in [-0.25, -0.2) is 9.37 Å². The van der Waals surface area contributed by atoms with E-state index in [0.717, 1.165) is 22.6 Å². The lowest BCUT2D eigenvalue weighted by atomic mass is 10.1. The van der Waals surface area contributed by atoms with Crippen LogP contribution in [0.2, 0.25) is 0 Å². The normalized spacial score (nSPS) is 13.6. The summed E-state index contributed by atoms with van der Waals surface area (Å²) in [7, 11) is 0. The van der Waals surface area contributed by atoms with Gasteiger partial charge in [-0.15, -0.1) is 11.3 Å². The number of para-hydroxylation sites is 1. The fourth-order valence-corrected chi connectivity index (χ4v) is 5.16. The molecule has 0 saturated carbocycles. The Morgan fingerprint density at radius 3 is 2.46 bits per heavy atom. The van der Waals surface area contributed by atoms with E-state index in [1.54, 1.807) is 22.9 Å². The van der Waals surface area contributed by atoms with Gasteiger partial charge in [0.25, 0.3) is 5.91 Å². The van der Waals surface area contributed by atoms with Crippen LogP contribution in [-0.2, 0) is 11.3 Å². The van der Waals surface area contributed by atoms with Crippen molar-refractivity contribution in [2.24, 2.45) is 0 Å². The molecule has 0 aliphatic carbocycles. The highest BCUT2D eigenvalue weighted by Crippen LogP contribution is 2.27. The Morgan fingerprint density at radius 1 is 1.03 bits per heavy atom. The van der Waals surface area contributed by atoms with Crippen molar-refractivity contribution >= 4 is 34.0 Å². The fourth-order valence-electron chi connectivity index (χ4n) is 4.45. The summed E-state index contributed by atoms with van der Waals surface area (Å²) in [5.41, 5.74) is 4.69. The number of amides is 2. The van der Waals surface area contributed by atoms with Crippen LogP contribution >= 0.6 is 11.3 Å². The monoisotopic (exact) mass is 518 g/mol. The number of hydrogen-bond donors (Lipinski definition) is 1. The van der Waals surface area contributed by atoms with E-state index in [-0.39, 0.29) is 24.2 Å². The maximum Gasteiger partial charge on any atom is 0.259 e. The van der Waals surface area contributed by atoms with Crippen molar-refractivity contribution in [1.82, 2.24) is 19.7 Å². The standard InChI is InChI=1S/C27H27FN6O2S/c1-18-15-19(2)34(31-18)16-25(35)33-13-11-32(12-14-33)24-6-4-3-5-22(24)26(36)30-27-29-23(17-37-27)20-7-9-21(28)10-8-20/h3-10,15,17H,11-14,16H2,1-2H3,(H,29,30,36). The summed E-state index contributed by atoms with van der Waals surface area (Å²) >= 11 is 1.32. The molecule has 2 amide bonds. The molecule has 37 heavy (non-hydrogen) atoms. The quantitative estimate of drug-likeness (QED) is 0.410. The van der Waals surface area contributed by atoms with Gasteiger partial charge in [0, 0.05) is 48.5 Å². The number of aryl methyl sites for hydroxylation is 2. The number of hydrogen-bond acceptors (Lipinski definition) is 6. The molecular weight excluding hydrogens is 491 g/mol. The third-order valence-electron chi connectivity index (χ3n) is 6.37. The summed E-state index contributed by atoms with van der Waals surface area (Å²) < 4.78 is 15.0. The zero-order valence-corrected chi connectivity index (χ0v) is 21.5. The summed E-state index contributed by atoms with van der Waals surface area (Å²) in [6, 6.07) is 15.5. The average molecular weight is 519 g/mol. The number of anilines is 2. The van der Waals surface area contributed by atoms with Gasteiger partial charge < -0.3 is 9.80 Å². The Labute approximate surface area is 218 Å². The Balaban J connectivity index is 1.23. The van der Waals surface area contributed by atoms with Crippen molar-refractivity contribution in [2.45, 2.75) is 20.4 Å². The summed E-state index contributed by atoms with van der Waals surface area (Å²) in [6.45, 7) is 6.48. The van der Waals surface area contributed by atoms with Crippen LogP contribution in [-0.4, -0.2) is 57.7 Å². The molecule has 1 aliphatic heterocycles. The molecule has 0 radical (unpaired) electrons. The second-order valence-electron chi connectivity index (χ2n) is 8.97. The zero-order valence-electron chi connectivity index (χ0n) is 20.6. The van der Waals surface area contributed by atoms with Gasteiger partial charge in [0.15, 0.2) is 5.13 Å². The van der Waals surface area contributed by atoms with Gasteiger partial charge in [0.1, 0.15) is 12.4 Å². The maximum atomic E-state index is 13.2. The SMILES string of the molecule is Cc1cc(C)n(CC(=O)N2CCN(c3ccccc3C(=O)Nc3nc(-c4ccc(F)cc4)cs3)CC2)n1. The lowest BCUT2D eigenvalue weighted by molar-refractivity contribution is -0.132. The third-order valence-corrected chi connectivity index (χ3v) is 7.13. The van der Waals surface area contributed by atoms with Gasteiger partial charge in [0.2, 0.25) is 5.91 Å². The Kier molecular flexibility index (Phi) is 7.00. The fraction of sp³-hybridized carbons (Fsp3) is 0.259. The Hall–Kier alpha value is -4.05.